The summed E-state index contributed by atoms with van der Waals surface area (Å²) in [7, 11) is 0. The Balaban J connectivity index is 2.85. The summed E-state index contributed by atoms with van der Waals surface area (Å²) in [6.07, 6.45) is 0.0873. The Kier molecular flexibility index (Phi) is 7.04. The number of hydrogen-bond acceptors (Lipinski definition) is 5. The average molecular weight is 350 g/mol. The fraction of sp³-hybridized carbons (Fsp3) is 0.438. The highest BCUT2D eigenvalue weighted by Crippen LogP contribution is 2.13. The number of carbonyl (C=O) groups is 3. The molecule has 0 radical (unpaired) electrons. The minimum Gasteiger partial charge on any atom is -0.368 e. The van der Waals surface area contributed by atoms with E-state index < -0.39 is 28.8 Å². The normalized spacial score (nSPS) is 13.0. The first-order valence-corrected chi connectivity index (χ1v) is 7.72. The SMILES string of the molecule is CC(=O)N[C@@H](C(=O)N[C@H](Cc1ccc([N+](=O)[O-])cc1)C(N)=O)C(C)C. The van der Waals surface area contributed by atoms with Crippen molar-refractivity contribution in [2.45, 2.75) is 39.3 Å². The second-order valence-corrected chi connectivity index (χ2v) is 6.01. The molecular formula is C16H22N4O5. The summed E-state index contributed by atoms with van der Waals surface area (Å²) in [6, 6.07) is 3.81. The Morgan fingerprint density at radius 2 is 1.72 bits per heavy atom. The number of benzene rings is 1. The van der Waals surface area contributed by atoms with Gasteiger partial charge in [-0.2, -0.15) is 0 Å². The molecule has 25 heavy (non-hydrogen) atoms. The summed E-state index contributed by atoms with van der Waals surface area (Å²) < 4.78 is 0. The maximum atomic E-state index is 12.3. The molecule has 0 aliphatic heterocycles. The van der Waals surface area contributed by atoms with Crippen molar-refractivity contribution in [3.63, 3.8) is 0 Å². The van der Waals surface area contributed by atoms with E-state index >= 15 is 0 Å². The van der Waals surface area contributed by atoms with Crippen LogP contribution < -0.4 is 16.4 Å². The van der Waals surface area contributed by atoms with Crippen molar-refractivity contribution in [2.24, 2.45) is 11.7 Å². The zero-order chi connectivity index (χ0) is 19.1. The van der Waals surface area contributed by atoms with Gasteiger partial charge in [-0.1, -0.05) is 26.0 Å². The van der Waals surface area contributed by atoms with E-state index in [2.05, 4.69) is 10.6 Å². The van der Waals surface area contributed by atoms with Crippen LogP contribution in [0.4, 0.5) is 5.69 Å². The molecule has 0 heterocycles. The molecule has 3 amide bonds. The third kappa shape index (κ3) is 6.21. The summed E-state index contributed by atoms with van der Waals surface area (Å²) in [4.78, 5) is 45.3. The summed E-state index contributed by atoms with van der Waals surface area (Å²) in [5, 5.41) is 15.7. The van der Waals surface area contributed by atoms with E-state index in [9.17, 15) is 24.5 Å². The Labute approximate surface area is 145 Å². The molecule has 0 aromatic heterocycles. The molecule has 0 saturated heterocycles. The number of nitrogens with one attached hydrogen (secondary N) is 2. The molecule has 2 atom stereocenters. The summed E-state index contributed by atoms with van der Waals surface area (Å²) in [5.74, 6) is -1.80. The van der Waals surface area contributed by atoms with Crippen LogP contribution in [0.1, 0.15) is 26.3 Å². The van der Waals surface area contributed by atoms with Crippen molar-refractivity contribution in [3.05, 3.63) is 39.9 Å². The number of nitrogens with two attached hydrogens (primary N) is 1. The molecule has 136 valence electrons. The van der Waals surface area contributed by atoms with Crippen LogP contribution in [0.25, 0.3) is 0 Å². The van der Waals surface area contributed by atoms with E-state index in [0.717, 1.165) is 0 Å². The molecule has 4 N–H and O–H groups in total. The Morgan fingerprint density at radius 3 is 2.12 bits per heavy atom. The summed E-state index contributed by atoms with van der Waals surface area (Å²) >= 11 is 0. The molecule has 0 saturated carbocycles. The highest BCUT2D eigenvalue weighted by Gasteiger charge is 2.27. The third-order valence-electron chi connectivity index (χ3n) is 3.55. The number of hydrogen-bond donors (Lipinski definition) is 3. The number of nitro benzene ring substituents is 1. The first kappa shape index (κ1) is 20.1. The van der Waals surface area contributed by atoms with E-state index in [0.29, 0.717) is 5.56 Å². The lowest BCUT2D eigenvalue weighted by Gasteiger charge is -2.24. The van der Waals surface area contributed by atoms with Crippen LogP contribution >= 0.6 is 0 Å². The molecule has 1 aromatic rings. The highest BCUT2D eigenvalue weighted by molar-refractivity contribution is 5.91. The fourth-order valence-electron chi connectivity index (χ4n) is 2.23. The first-order chi connectivity index (χ1) is 11.6. The van der Waals surface area contributed by atoms with Gasteiger partial charge in [-0.3, -0.25) is 24.5 Å². The number of nitrogens with zero attached hydrogens (tertiary/aromatic N) is 1. The monoisotopic (exact) mass is 350 g/mol. The van der Waals surface area contributed by atoms with E-state index in [-0.39, 0.29) is 23.9 Å². The minimum absolute atomic E-state index is 0.0751. The van der Waals surface area contributed by atoms with Gasteiger partial charge >= 0.3 is 0 Å². The van der Waals surface area contributed by atoms with Gasteiger partial charge in [-0.15, -0.1) is 0 Å². The quantitative estimate of drug-likeness (QED) is 0.455. The van der Waals surface area contributed by atoms with Crippen LogP contribution in [-0.4, -0.2) is 34.7 Å². The molecule has 0 aliphatic rings. The van der Waals surface area contributed by atoms with Gasteiger partial charge in [-0.25, -0.2) is 0 Å². The van der Waals surface area contributed by atoms with Crippen molar-refractivity contribution in [1.82, 2.24) is 10.6 Å². The number of nitro groups is 1. The van der Waals surface area contributed by atoms with Crippen LogP contribution in [0.2, 0.25) is 0 Å². The molecule has 0 fully saturated rings. The number of rotatable bonds is 8. The van der Waals surface area contributed by atoms with E-state index in [1.807, 2.05) is 0 Å². The van der Waals surface area contributed by atoms with Gasteiger partial charge in [0.2, 0.25) is 17.7 Å². The zero-order valence-electron chi connectivity index (χ0n) is 14.3. The summed E-state index contributed by atoms with van der Waals surface area (Å²) in [6.45, 7) is 4.82. The van der Waals surface area contributed by atoms with Crippen LogP contribution in [0.5, 0.6) is 0 Å². The van der Waals surface area contributed by atoms with Crippen LogP contribution in [0.15, 0.2) is 24.3 Å². The second kappa shape index (κ2) is 8.76. The fourth-order valence-corrected chi connectivity index (χ4v) is 2.23. The van der Waals surface area contributed by atoms with Crippen molar-refractivity contribution >= 4 is 23.4 Å². The molecule has 0 spiro atoms. The lowest BCUT2D eigenvalue weighted by atomic mass is 10.0. The molecule has 0 bridgehead atoms. The van der Waals surface area contributed by atoms with Crippen molar-refractivity contribution in [2.75, 3.05) is 0 Å². The largest absolute Gasteiger partial charge is 0.368 e. The van der Waals surface area contributed by atoms with Crippen molar-refractivity contribution in [1.29, 1.82) is 0 Å². The van der Waals surface area contributed by atoms with Gasteiger partial charge in [0, 0.05) is 25.5 Å². The first-order valence-electron chi connectivity index (χ1n) is 7.72. The number of primary amides is 1. The highest BCUT2D eigenvalue weighted by atomic mass is 16.6. The van der Waals surface area contributed by atoms with E-state index in [1.54, 1.807) is 13.8 Å². The number of carbonyl (C=O) groups excluding carboxylic acids is 3. The number of amides is 3. The van der Waals surface area contributed by atoms with Gasteiger partial charge in [0.05, 0.1) is 4.92 Å². The van der Waals surface area contributed by atoms with Gasteiger partial charge in [-0.05, 0) is 11.5 Å². The van der Waals surface area contributed by atoms with Crippen LogP contribution in [-0.2, 0) is 20.8 Å². The van der Waals surface area contributed by atoms with E-state index in [1.165, 1.54) is 31.2 Å². The molecule has 0 unspecified atom stereocenters. The maximum absolute atomic E-state index is 12.3. The standard InChI is InChI=1S/C16H22N4O5/c1-9(2)14(18-10(3)21)16(23)19-13(15(17)22)8-11-4-6-12(7-5-11)20(24)25/h4-7,9,13-14H,8H2,1-3H3,(H2,17,22)(H,18,21)(H,19,23)/t13-,14-/m1/s1. The lowest BCUT2D eigenvalue weighted by molar-refractivity contribution is -0.384. The number of non-ortho nitro benzene ring substituents is 1. The molecular weight excluding hydrogens is 328 g/mol. The zero-order valence-corrected chi connectivity index (χ0v) is 14.3. The topological polar surface area (TPSA) is 144 Å². The predicted molar refractivity (Wildman–Crippen MR) is 90.4 cm³/mol. The van der Waals surface area contributed by atoms with Gasteiger partial charge < -0.3 is 16.4 Å². The van der Waals surface area contributed by atoms with Crippen molar-refractivity contribution < 1.29 is 19.3 Å². The smallest absolute Gasteiger partial charge is 0.269 e. The lowest BCUT2D eigenvalue weighted by Crippen LogP contribution is -2.55. The van der Waals surface area contributed by atoms with Gasteiger partial charge in [0.1, 0.15) is 12.1 Å². The van der Waals surface area contributed by atoms with E-state index in [4.69, 9.17) is 5.73 Å². The summed E-state index contributed by atoms with van der Waals surface area (Å²) in [5.41, 5.74) is 5.87. The molecule has 9 heteroatoms. The second-order valence-electron chi connectivity index (χ2n) is 6.01. The van der Waals surface area contributed by atoms with Gasteiger partial charge in [0.15, 0.2) is 0 Å². The van der Waals surface area contributed by atoms with Crippen LogP contribution in [0.3, 0.4) is 0 Å². The van der Waals surface area contributed by atoms with Gasteiger partial charge in [0.25, 0.3) is 5.69 Å². The molecule has 1 aromatic carbocycles. The Morgan fingerprint density at radius 1 is 1.16 bits per heavy atom. The third-order valence-corrected chi connectivity index (χ3v) is 3.55. The molecule has 9 nitrogen and oxygen atoms in total. The van der Waals surface area contributed by atoms with Crippen molar-refractivity contribution in [3.8, 4) is 0 Å². The Hall–Kier alpha value is -2.97. The average Bonchev–Trinajstić information content (AvgIpc) is 2.51. The Bertz CT molecular complexity index is 657. The molecule has 0 aliphatic carbocycles. The maximum Gasteiger partial charge on any atom is 0.269 e. The predicted octanol–water partition coefficient (Wildman–Crippen LogP) is 0.268. The van der Waals surface area contributed by atoms with Crippen LogP contribution in [0, 0.1) is 16.0 Å². The minimum atomic E-state index is -0.996. The molecule has 1 rings (SSSR count).